The second-order valence-electron chi connectivity index (χ2n) is 5.84. The summed E-state index contributed by atoms with van der Waals surface area (Å²) in [5, 5.41) is 4.68. The Morgan fingerprint density at radius 3 is 2.67 bits per heavy atom. The largest absolute Gasteiger partial charge is 0.360 e. The number of ether oxygens (including phenoxy) is 1. The number of carbonyl (C=O) groups excluding carboxylic acids is 2. The van der Waals surface area contributed by atoms with E-state index in [-0.39, 0.29) is 19.7 Å². The fourth-order valence-electron chi connectivity index (χ4n) is 2.48. The molecule has 1 fully saturated rings. The Bertz CT molecular complexity index is 803. The predicted octanol–water partition coefficient (Wildman–Crippen LogP) is 0.344. The van der Waals surface area contributed by atoms with Gasteiger partial charge in [-0.25, -0.2) is 17.2 Å². The van der Waals surface area contributed by atoms with Crippen molar-refractivity contribution in [2.75, 3.05) is 26.2 Å². The first-order valence-corrected chi connectivity index (χ1v) is 9.86. The molecule has 2 amide bonds. The molecule has 1 aliphatic heterocycles. The van der Waals surface area contributed by atoms with Crippen LogP contribution in [0.25, 0.3) is 0 Å². The number of hydrogen-bond donors (Lipinski definition) is 2. The molecule has 1 aromatic carbocycles. The molecule has 11 heteroatoms. The van der Waals surface area contributed by atoms with E-state index >= 15 is 0 Å². The molecule has 0 bridgehead atoms. The Balaban J connectivity index is 2.13. The fourth-order valence-corrected chi connectivity index (χ4v) is 4.13. The summed E-state index contributed by atoms with van der Waals surface area (Å²) in [6, 6.07) is 2.13. The second kappa shape index (κ2) is 9.20. The van der Waals surface area contributed by atoms with Crippen molar-refractivity contribution in [3.05, 3.63) is 29.8 Å². The maximum atomic E-state index is 13.9. The molecule has 2 N–H and O–H groups in total. The molecule has 1 unspecified atom stereocenters. The van der Waals surface area contributed by atoms with Gasteiger partial charge in [0.2, 0.25) is 10.0 Å². The van der Waals surface area contributed by atoms with E-state index in [1.54, 1.807) is 0 Å². The zero-order valence-corrected chi connectivity index (χ0v) is 15.5. The quantitative estimate of drug-likeness (QED) is 0.665. The van der Waals surface area contributed by atoms with Gasteiger partial charge in [0.25, 0.3) is 0 Å². The number of sulfonamides is 1. The van der Waals surface area contributed by atoms with Crippen molar-refractivity contribution in [2.24, 2.45) is 0 Å². The molecule has 8 nitrogen and oxygen atoms in total. The predicted molar refractivity (Wildman–Crippen MR) is 90.9 cm³/mol. The van der Waals surface area contributed by atoms with E-state index in [0.29, 0.717) is 25.5 Å². The lowest BCUT2D eigenvalue weighted by molar-refractivity contribution is -0.140. The van der Waals surface area contributed by atoms with Gasteiger partial charge in [-0.2, -0.15) is 4.31 Å². The molecule has 1 aliphatic rings. The zero-order chi connectivity index (χ0) is 20.0. The summed E-state index contributed by atoms with van der Waals surface area (Å²) in [4.78, 5) is 22.5. The first-order valence-electron chi connectivity index (χ1n) is 8.42. The Hall–Kier alpha value is -2.11. The SMILES string of the molecule is CCCNC(=O)C(=O)NCC1OCCCN1S(=O)(=O)c1cc(F)ccc1F. The molecule has 1 aromatic rings. The number of nitrogens with zero attached hydrogens (tertiary/aromatic N) is 1. The smallest absolute Gasteiger partial charge is 0.309 e. The van der Waals surface area contributed by atoms with Crippen LogP contribution in [-0.4, -0.2) is 57.0 Å². The average molecular weight is 405 g/mol. The Morgan fingerprint density at radius 1 is 1.26 bits per heavy atom. The first kappa shape index (κ1) is 21.2. The molecular weight excluding hydrogens is 384 g/mol. The third-order valence-electron chi connectivity index (χ3n) is 3.81. The van der Waals surface area contributed by atoms with Crippen molar-refractivity contribution in [1.82, 2.24) is 14.9 Å². The van der Waals surface area contributed by atoms with E-state index in [2.05, 4.69) is 10.6 Å². The van der Waals surface area contributed by atoms with E-state index in [4.69, 9.17) is 4.74 Å². The number of hydrogen-bond acceptors (Lipinski definition) is 5. The van der Waals surface area contributed by atoms with Crippen LogP contribution in [0.15, 0.2) is 23.1 Å². The number of nitrogens with one attached hydrogen (secondary N) is 2. The molecule has 0 spiro atoms. The lowest BCUT2D eigenvalue weighted by atomic mass is 10.3. The third-order valence-corrected chi connectivity index (χ3v) is 5.72. The van der Waals surface area contributed by atoms with Crippen LogP contribution in [0.5, 0.6) is 0 Å². The van der Waals surface area contributed by atoms with Gasteiger partial charge >= 0.3 is 11.8 Å². The molecule has 1 atom stereocenters. The standard InChI is InChI=1S/C16H21F2N3O5S/c1-2-6-19-15(22)16(23)20-10-14-21(7-3-8-26-14)27(24,25)13-9-11(17)4-5-12(13)18/h4-5,9,14H,2-3,6-8,10H2,1H3,(H,19,22)(H,20,23). The summed E-state index contributed by atoms with van der Waals surface area (Å²) in [6.45, 7) is 2.06. The van der Waals surface area contributed by atoms with Crippen molar-refractivity contribution in [3.8, 4) is 0 Å². The van der Waals surface area contributed by atoms with E-state index < -0.39 is 44.6 Å². The van der Waals surface area contributed by atoms with Crippen LogP contribution in [0.2, 0.25) is 0 Å². The maximum absolute atomic E-state index is 13.9. The summed E-state index contributed by atoms with van der Waals surface area (Å²) in [5.41, 5.74) is 0. The van der Waals surface area contributed by atoms with Gasteiger partial charge in [0.1, 0.15) is 22.8 Å². The minimum atomic E-state index is -4.41. The van der Waals surface area contributed by atoms with Crippen molar-refractivity contribution >= 4 is 21.8 Å². The van der Waals surface area contributed by atoms with Crippen LogP contribution in [0.4, 0.5) is 8.78 Å². The van der Waals surface area contributed by atoms with Gasteiger partial charge in [-0.15, -0.1) is 0 Å². The van der Waals surface area contributed by atoms with Gasteiger partial charge in [0.15, 0.2) is 0 Å². The van der Waals surface area contributed by atoms with Gasteiger partial charge in [0, 0.05) is 13.1 Å². The van der Waals surface area contributed by atoms with Gasteiger partial charge in [-0.1, -0.05) is 6.92 Å². The van der Waals surface area contributed by atoms with Gasteiger partial charge < -0.3 is 15.4 Å². The first-order chi connectivity index (χ1) is 12.8. The molecule has 0 aromatic heterocycles. The van der Waals surface area contributed by atoms with E-state index in [0.717, 1.165) is 16.4 Å². The number of benzene rings is 1. The van der Waals surface area contributed by atoms with E-state index in [1.807, 2.05) is 6.92 Å². The average Bonchev–Trinajstić information content (AvgIpc) is 2.66. The molecule has 27 heavy (non-hydrogen) atoms. The van der Waals surface area contributed by atoms with E-state index in [1.165, 1.54) is 0 Å². The molecule has 0 radical (unpaired) electrons. The van der Waals surface area contributed by atoms with Crippen molar-refractivity contribution in [1.29, 1.82) is 0 Å². The molecular formula is C16H21F2N3O5S. The summed E-state index contributed by atoms with van der Waals surface area (Å²) in [7, 11) is -4.41. The van der Waals surface area contributed by atoms with E-state index in [9.17, 15) is 26.8 Å². The Kier molecular flexibility index (Phi) is 7.22. The topological polar surface area (TPSA) is 105 Å². The fraction of sp³-hybridized carbons (Fsp3) is 0.500. The number of amides is 2. The van der Waals surface area contributed by atoms with Crippen LogP contribution in [0.1, 0.15) is 19.8 Å². The molecule has 1 saturated heterocycles. The van der Waals surface area contributed by atoms with Crippen LogP contribution >= 0.6 is 0 Å². The zero-order valence-electron chi connectivity index (χ0n) is 14.7. The molecule has 0 saturated carbocycles. The van der Waals surface area contributed by atoms with Gasteiger partial charge in [-0.05, 0) is 31.0 Å². The number of halogens is 2. The summed E-state index contributed by atoms with van der Waals surface area (Å²) < 4.78 is 59.0. The second-order valence-corrected chi connectivity index (χ2v) is 7.69. The summed E-state index contributed by atoms with van der Waals surface area (Å²) in [6.07, 6.45) is -0.151. The Morgan fingerprint density at radius 2 is 1.96 bits per heavy atom. The monoisotopic (exact) mass is 405 g/mol. The summed E-state index contributed by atoms with van der Waals surface area (Å²) >= 11 is 0. The molecule has 150 valence electrons. The highest BCUT2D eigenvalue weighted by Crippen LogP contribution is 2.24. The van der Waals surface area contributed by atoms with Crippen LogP contribution in [0, 0.1) is 11.6 Å². The minimum absolute atomic E-state index is 0.000848. The van der Waals surface area contributed by atoms with Gasteiger partial charge in [-0.3, -0.25) is 9.59 Å². The normalized spacial score (nSPS) is 18.1. The van der Waals surface area contributed by atoms with Crippen molar-refractivity contribution in [3.63, 3.8) is 0 Å². The molecule has 2 rings (SSSR count). The van der Waals surface area contributed by atoms with Crippen LogP contribution in [0.3, 0.4) is 0 Å². The van der Waals surface area contributed by atoms with Crippen molar-refractivity contribution < 1.29 is 31.5 Å². The third kappa shape index (κ3) is 5.21. The van der Waals surface area contributed by atoms with Crippen LogP contribution < -0.4 is 10.6 Å². The number of carbonyl (C=O) groups is 2. The van der Waals surface area contributed by atoms with Crippen LogP contribution in [-0.2, 0) is 24.3 Å². The minimum Gasteiger partial charge on any atom is -0.360 e. The Labute approximate surface area is 155 Å². The number of rotatable bonds is 6. The summed E-state index contributed by atoms with van der Waals surface area (Å²) in [5.74, 6) is -3.78. The van der Waals surface area contributed by atoms with Crippen molar-refractivity contribution in [2.45, 2.75) is 30.9 Å². The highest BCUT2D eigenvalue weighted by molar-refractivity contribution is 7.89. The van der Waals surface area contributed by atoms with Gasteiger partial charge in [0.05, 0.1) is 13.2 Å². The lowest BCUT2D eigenvalue weighted by Gasteiger charge is -2.34. The lowest BCUT2D eigenvalue weighted by Crippen LogP contribution is -2.53. The highest BCUT2D eigenvalue weighted by Gasteiger charge is 2.36. The molecule has 0 aliphatic carbocycles. The highest BCUT2D eigenvalue weighted by atomic mass is 32.2. The maximum Gasteiger partial charge on any atom is 0.309 e. The molecule has 1 heterocycles.